The maximum absolute atomic E-state index is 13.0. The van der Waals surface area contributed by atoms with Crippen LogP contribution in [0.2, 0.25) is 0 Å². The largest absolute Gasteiger partial charge is 0.354 e. The van der Waals surface area contributed by atoms with Crippen LogP contribution in [-0.4, -0.2) is 39.8 Å². The molecule has 0 spiro atoms. The molecule has 1 aromatic heterocycles. The Morgan fingerprint density at radius 3 is 2.30 bits per heavy atom. The molecule has 2 aromatic rings. The number of hydrogen-bond acceptors (Lipinski definition) is 5. The summed E-state index contributed by atoms with van der Waals surface area (Å²) in [7, 11) is -0.637. The number of rotatable bonds is 8. The van der Waals surface area contributed by atoms with E-state index in [0.717, 1.165) is 10.4 Å². The van der Waals surface area contributed by atoms with Gasteiger partial charge in [-0.05, 0) is 30.5 Å². The molecule has 0 aliphatic carbocycles. The molecule has 126 valence electrons. The summed E-state index contributed by atoms with van der Waals surface area (Å²) in [4.78, 5) is 1.23. The van der Waals surface area contributed by atoms with E-state index in [4.69, 9.17) is 9.47 Å². The Balaban J connectivity index is 2.32. The molecule has 0 bridgehead atoms. The van der Waals surface area contributed by atoms with Crippen molar-refractivity contribution in [2.24, 2.45) is 0 Å². The van der Waals surface area contributed by atoms with Crippen LogP contribution in [0.4, 0.5) is 0 Å². The second-order valence-corrected chi connectivity index (χ2v) is 8.06. The summed E-state index contributed by atoms with van der Waals surface area (Å²) >= 11 is 1.52. The molecule has 0 aliphatic heterocycles. The van der Waals surface area contributed by atoms with Crippen LogP contribution in [0.1, 0.15) is 10.4 Å². The van der Waals surface area contributed by atoms with Gasteiger partial charge in [-0.2, -0.15) is 4.31 Å². The van der Waals surface area contributed by atoms with E-state index in [9.17, 15) is 8.42 Å². The van der Waals surface area contributed by atoms with E-state index in [1.54, 1.807) is 24.3 Å². The van der Waals surface area contributed by atoms with Crippen LogP contribution in [0.25, 0.3) is 0 Å². The van der Waals surface area contributed by atoms with E-state index >= 15 is 0 Å². The summed E-state index contributed by atoms with van der Waals surface area (Å²) in [6, 6.07) is 10.7. The average Bonchev–Trinajstić information content (AvgIpc) is 3.04. The van der Waals surface area contributed by atoms with E-state index in [2.05, 4.69) is 0 Å². The van der Waals surface area contributed by atoms with Gasteiger partial charge in [-0.3, -0.25) is 0 Å². The number of nitrogens with zero attached hydrogens (tertiary/aromatic N) is 1. The summed E-state index contributed by atoms with van der Waals surface area (Å²) in [5.41, 5.74) is 1.01. The molecule has 0 saturated carbocycles. The van der Waals surface area contributed by atoms with Gasteiger partial charge in [0.05, 0.1) is 11.4 Å². The SMILES string of the molecule is COC(CN(Cc1cccs1)S(=O)(=O)c1ccc(C)cc1)OC. The molecule has 0 aliphatic rings. The third kappa shape index (κ3) is 4.62. The highest BCUT2D eigenvalue weighted by molar-refractivity contribution is 7.89. The van der Waals surface area contributed by atoms with Gasteiger partial charge in [-0.15, -0.1) is 11.3 Å². The minimum absolute atomic E-state index is 0.126. The van der Waals surface area contributed by atoms with Crippen molar-refractivity contribution in [3.8, 4) is 0 Å². The molecular weight excluding hydrogens is 334 g/mol. The van der Waals surface area contributed by atoms with Crippen molar-refractivity contribution in [3.05, 3.63) is 52.2 Å². The Morgan fingerprint density at radius 1 is 1.13 bits per heavy atom. The van der Waals surface area contributed by atoms with E-state index in [1.165, 1.54) is 29.9 Å². The molecule has 7 heteroatoms. The number of thiophene rings is 1. The molecule has 0 unspecified atom stereocenters. The quantitative estimate of drug-likeness (QED) is 0.683. The van der Waals surface area contributed by atoms with Gasteiger partial charge in [0.15, 0.2) is 6.29 Å². The van der Waals surface area contributed by atoms with Crippen LogP contribution in [0, 0.1) is 6.92 Å². The summed E-state index contributed by atoms with van der Waals surface area (Å²) in [5, 5.41) is 1.93. The van der Waals surface area contributed by atoms with Crippen molar-refractivity contribution in [1.29, 1.82) is 0 Å². The van der Waals surface area contributed by atoms with Gasteiger partial charge < -0.3 is 9.47 Å². The fourth-order valence-electron chi connectivity index (χ4n) is 2.09. The van der Waals surface area contributed by atoms with Crippen molar-refractivity contribution in [3.63, 3.8) is 0 Å². The summed E-state index contributed by atoms with van der Waals surface area (Å²) in [6.07, 6.45) is -0.616. The molecule has 1 heterocycles. The summed E-state index contributed by atoms with van der Waals surface area (Å²) < 4.78 is 37.7. The van der Waals surface area contributed by atoms with Crippen molar-refractivity contribution in [2.45, 2.75) is 24.7 Å². The standard InChI is InChI=1S/C16H21NO4S2/c1-13-6-8-15(9-7-13)23(18,19)17(12-16(20-2)21-3)11-14-5-4-10-22-14/h4-10,16H,11-12H2,1-3H3. The number of ether oxygens (including phenoxy) is 2. The van der Waals surface area contributed by atoms with Crippen molar-refractivity contribution in [2.75, 3.05) is 20.8 Å². The third-order valence-corrected chi connectivity index (χ3v) is 6.14. The second-order valence-electron chi connectivity index (χ2n) is 5.09. The molecule has 0 radical (unpaired) electrons. The molecule has 23 heavy (non-hydrogen) atoms. The number of hydrogen-bond donors (Lipinski definition) is 0. The highest BCUT2D eigenvalue weighted by Gasteiger charge is 2.27. The minimum atomic E-state index is -3.63. The molecule has 2 rings (SSSR count). The van der Waals surface area contributed by atoms with Gasteiger partial charge in [-0.25, -0.2) is 8.42 Å². The Bertz CT molecular complexity index is 692. The first-order chi connectivity index (χ1) is 11.0. The zero-order valence-electron chi connectivity index (χ0n) is 13.4. The predicted octanol–water partition coefficient (Wildman–Crippen LogP) is 2.87. The zero-order chi connectivity index (χ0) is 16.9. The van der Waals surface area contributed by atoms with Gasteiger partial charge in [-0.1, -0.05) is 23.8 Å². The summed E-state index contributed by atoms with van der Waals surface area (Å²) in [5.74, 6) is 0. The van der Waals surface area contributed by atoms with E-state index in [-0.39, 0.29) is 18.0 Å². The number of aryl methyl sites for hydroxylation is 1. The number of methoxy groups -OCH3 is 2. The first kappa shape index (κ1) is 18.1. The van der Waals surface area contributed by atoms with E-state index in [1.807, 2.05) is 24.4 Å². The van der Waals surface area contributed by atoms with Gasteiger partial charge in [0.25, 0.3) is 0 Å². The van der Waals surface area contributed by atoms with E-state index < -0.39 is 16.3 Å². The lowest BCUT2D eigenvalue weighted by Crippen LogP contribution is -2.38. The summed E-state index contributed by atoms with van der Waals surface area (Å²) in [6.45, 7) is 2.34. The van der Waals surface area contributed by atoms with Crippen LogP contribution in [0.15, 0.2) is 46.7 Å². The van der Waals surface area contributed by atoms with Crippen molar-refractivity contribution < 1.29 is 17.9 Å². The fourth-order valence-corrected chi connectivity index (χ4v) is 4.30. The van der Waals surface area contributed by atoms with Gasteiger partial charge in [0.2, 0.25) is 10.0 Å². The Morgan fingerprint density at radius 2 is 1.78 bits per heavy atom. The predicted molar refractivity (Wildman–Crippen MR) is 90.9 cm³/mol. The second kappa shape index (κ2) is 8.03. The van der Waals surface area contributed by atoms with Crippen molar-refractivity contribution >= 4 is 21.4 Å². The van der Waals surface area contributed by atoms with Crippen LogP contribution >= 0.6 is 11.3 Å². The highest BCUT2D eigenvalue weighted by Crippen LogP contribution is 2.21. The first-order valence-corrected chi connectivity index (χ1v) is 9.44. The fraction of sp³-hybridized carbons (Fsp3) is 0.375. The number of sulfonamides is 1. The molecule has 0 N–H and O–H groups in total. The molecule has 5 nitrogen and oxygen atoms in total. The zero-order valence-corrected chi connectivity index (χ0v) is 15.1. The molecule has 0 atom stereocenters. The molecule has 0 fully saturated rings. The lowest BCUT2D eigenvalue weighted by molar-refractivity contribution is -0.108. The first-order valence-electron chi connectivity index (χ1n) is 7.12. The normalized spacial score (nSPS) is 12.2. The smallest absolute Gasteiger partial charge is 0.243 e. The van der Waals surface area contributed by atoms with Crippen molar-refractivity contribution in [1.82, 2.24) is 4.31 Å². The topological polar surface area (TPSA) is 55.8 Å². The maximum Gasteiger partial charge on any atom is 0.243 e. The van der Waals surface area contributed by atoms with Gasteiger partial charge in [0, 0.05) is 25.6 Å². The average molecular weight is 355 g/mol. The van der Waals surface area contributed by atoms with Crippen LogP contribution in [-0.2, 0) is 26.0 Å². The number of benzene rings is 1. The van der Waals surface area contributed by atoms with Gasteiger partial charge >= 0.3 is 0 Å². The van der Waals surface area contributed by atoms with Crippen LogP contribution in [0.3, 0.4) is 0 Å². The highest BCUT2D eigenvalue weighted by atomic mass is 32.2. The molecule has 0 saturated heterocycles. The minimum Gasteiger partial charge on any atom is -0.354 e. The third-order valence-electron chi connectivity index (χ3n) is 3.45. The maximum atomic E-state index is 13.0. The monoisotopic (exact) mass is 355 g/mol. The van der Waals surface area contributed by atoms with Gasteiger partial charge in [0.1, 0.15) is 0 Å². The molecule has 1 aromatic carbocycles. The van der Waals surface area contributed by atoms with Crippen LogP contribution < -0.4 is 0 Å². The Labute approximate surface area is 141 Å². The van der Waals surface area contributed by atoms with Crippen LogP contribution in [0.5, 0.6) is 0 Å². The molecular formula is C16H21NO4S2. The van der Waals surface area contributed by atoms with E-state index in [0.29, 0.717) is 0 Å². The Kier molecular flexibility index (Phi) is 6.32. The lowest BCUT2D eigenvalue weighted by Gasteiger charge is -2.25. The Hall–Kier alpha value is -1.25. The lowest BCUT2D eigenvalue weighted by atomic mass is 10.2. The molecule has 0 amide bonds.